The average Bonchev–Trinajstić information content (AvgIpc) is 2.70. The molecule has 0 amide bonds. The summed E-state index contributed by atoms with van der Waals surface area (Å²) in [5.41, 5.74) is 4.21. The number of hydrogen-bond donors (Lipinski definition) is 1. The Balaban J connectivity index is 1.80. The molecule has 0 aliphatic heterocycles. The van der Waals surface area contributed by atoms with E-state index >= 15 is 0 Å². The zero-order valence-corrected chi connectivity index (χ0v) is 15.5. The quantitative estimate of drug-likeness (QED) is 0.612. The maximum Gasteiger partial charge on any atom is 0.230 e. The number of aryl methyl sites for hydroxylation is 2. The standard InChI is InChI=1S/C22H17N5O/c1-15-12-18(8-10-24-3)13-16(2)21(15)28-20-9-11-25-22(27-20)26-19-6-4-17(14-23)5-7-19/h4-13H,1-2H3,(H,25,26,27). The van der Waals surface area contributed by atoms with Crippen LogP contribution in [-0.4, -0.2) is 9.97 Å². The van der Waals surface area contributed by atoms with Crippen LogP contribution in [-0.2, 0) is 0 Å². The topological polar surface area (TPSA) is 75.2 Å². The van der Waals surface area contributed by atoms with E-state index in [-0.39, 0.29) is 0 Å². The van der Waals surface area contributed by atoms with Crippen LogP contribution in [0, 0.1) is 31.8 Å². The number of nitrogens with one attached hydrogen (secondary N) is 1. The molecule has 6 heteroatoms. The lowest BCUT2D eigenvalue weighted by Gasteiger charge is -2.13. The third-order valence-electron chi connectivity index (χ3n) is 3.93. The van der Waals surface area contributed by atoms with Crippen LogP contribution in [0.1, 0.15) is 22.3 Å². The van der Waals surface area contributed by atoms with Crippen molar-refractivity contribution in [3.8, 4) is 17.7 Å². The third-order valence-corrected chi connectivity index (χ3v) is 3.93. The molecule has 136 valence electrons. The number of nitrogens with zero attached hydrogens (tertiary/aromatic N) is 4. The van der Waals surface area contributed by atoms with Crippen LogP contribution in [0.25, 0.3) is 10.9 Å². The van der Waals surface area contributed by atoms with Crippen LogP contribution in [0.3, 0.4) is 0 Å². The van der Waals surface area contributed by atoms with Crippen LogP contribution in [0.4, 0.5) is 11.6 Å². The van der Waals surface area contributed by atoms with E-state index in [4.69, 9.17) is 16.6 Å². The lowest BCUT2D eigenvalue weighted by molar-refractivity contribution is 0.455. The smallest absolute Gasteiger partial charge is 0.230 e. The van der Waals surface area contributed by atoms with Gasteiger partial charge < -0.3 is 10.1 Å². The second-order valence-electron chi connectivity index (χ2n) is 6.06. The Morgan fingerprint density at radius 3 is 2.50 bits per heavy atom. The van der Waals surface area contributed by atoms with Gasteiger partial charge in [0.1, 0.15) is 5.75 Å². The van der Waals surface area contributed by atoms with Gasteiger partial charge in [0.2, 0.25) is 11.8 Å². The van der Waals surface area contributed by atoms with Crippen molar-refractivity contribution in [3.05, 3.63) is 88.5 Å². The van der Waals surface area contributed by atoms with E-state index in [1.807, 2.05) is 26.0 Å². The molecule has 0 aliphatic rings. The van der Waals surface area contributed by atoms with Gasteiger partial charge in [-0.15, -0.1) is 0 Å². The van der Waals surface area contributed by atoms with Crippen molar-refractivity contribution in [2.75, 3.05) is 5.32 Å². The zero-order valence-electron chi connectivity index (χ0n) is 15.5. The molecule has 0 bridgehead atoms. The van der Waals surface area contributed by atoms with Crippen molar-refractivity contribution < 1.29 is 4.74 Å². The van der Waals surface area contributed by atoms with Crippen LogP contribution < -0.4 is 10.1 Å². The minimum Gasteiger partial charge on any atom is -0.438 e. The van der Waals surface area contributed by atoms with Gasteiger partial charge in [0.15, 0.2) is 6.20 Å². The van der Waals surface area contributed by atoms with Crippen molar-refractivity contribution in [1.29, 1.82) is 5.26 Å². The van der Waals surface area contributed by atoms with E-state index < -0.39 is 0 Å². The Hall–Kier alpha value is -4.16. The minimum absolute atomic E-state index is 0.397. The van der Waals surface area contributed by atoms with Gasteiger partial charge >= 0.3 is 0 Å². The molecule has 0 saturated heterocycles. The van der Waals surface area contributed by atoms with Crippen molar-refractivity contribution in [3.63, 3.8) is 0 Å². The highest BCUT2D eigenvalue weighted by atomic mass is 16.5. The predicted octanol–water partition coefficient (Wildman–Crippen LogP) is 5.39. The lowest BCUT2D eigenvalue weighted by atomic mass is 10.1. The molecule has 1 aromatic heterocycles. The first-order chi connectivity index (χ1) is 13.6. The van der Waals surface area contributed by atoms with E-state index in [2.05, 4.69) is 26.2 Å². The Bertz CT molecular complexity index is 1080. The molecule has 2 aromatic carbocycles. The molecule has 0 radical (unpaired) electrons. The molecule has 28 heavy (non-hydrogen) atoms. The SMILES string of the molecule is [C-]#[N+]C=Cc1cc(C)c(Oc2ccnc(Nc3ccc(C#N)cc3)n2)c(C)c1. The third kappa shape index (κ3) is 4.51. The van der Waals surface area contributed by atoms with Gasteiger partial charge in [0.05, 0.1) is 18.2 Å². The van der Waals surface area contributed by atoms with E-state index in [1.54, 1.807) is 42.6 Å². The highest BCUT2D eigenvalue weighted by molar-refractivity contribution is 5.58. The molecule has 1 N–H and O–H groups in total. The molecule has 6 nitrogen and oxygen atoms in total. The van der Waals surface area contributed by atoms with Gasteiger partial charge in [-0.1, -0.05) is 6.08 Å². The fourth-order valence-electron chi connectivity index (χ4n) is 2.69. The van der Waals surface area contributed by atoms with Gasteiger partial charge in [-0.2, -0.15) is 10.2 Å². The van der Waals surface area contributed by atoms with Crippen LogP contribution >= 0.6 is 0 Å². The first-order valence-electron chi connectivity index (χ1n) is 8.51. The molecule has 3 rings (SSSR count). The second kappa shape index (κ2) is 8.48. The van der Waals surface area contributed by atoms with Crippen molar-refractivity contribution >= 4 is 17.7 Å². The summed E-state index contributed by atoms with van der Waals surface area (Å²) in [5.74, 6) is 1.54. The van der Waals surface area contributed by atoms with E-state index in [0.29, 0.717) is 17.4 Å². The van der Waals surface area contributed by atoms with Gasteiger partial charge in [-0.25, -0.2) is 9.83 Å². The summed E-state index contributed by atoms with van der Waals surface area (Å²) in [6.45, 7) is 10.8. The number of rotatable bonds is 5. The Kier molecular flexibility index (Phi) is 5.64. The first-order valence-corrected chi connectivity index (χ1v) is 8.51. The summed E-state index contributed by atoms with van der Waals surface area (Å²) in [6.07, 6.45) is 4.81. The lowest BCUT2D eigenvalue weighted by Crippen LogP contribution is -1.99. The summed E-state index contributed by atoms with van der Waals surface area (Å²) in [7, 11) is 0. The molecule has 0 saturated carbocycles. The number of aromatic nitrogens is 2. The summed E-state index contributed by atoms with van der Waals surface area (Å²) in [6, 6.07) is 14.7. The fraction of sp³-hybridized carbons (Fsp3) is 0.0909. The molecule has 0 aliphatic carbocycles. The maximum absolute atomic E-state index is 8.87. The monoisotopic (exact) mass is 367 g/mol. The summed E-state index contributed by atoms with van der Waals surface area (Å²) >= 11 is 0. The Morgan fingerprint density at radius 2 is 1.86 bits per heavy atom. The van der Waals surface area contributed by atoms with Crippen molar-refractivity contribution in [2.45, 2.75) is 13.8 Å². The predicted molar refractivity (Wildman–Crippen MR) is 108 cm³/mol. The van der Waals surface area contributed by atoms with Gasteiger partial charge in [0.25, 0.3) is 0 Å². The average molecular weight is 367 g/mol. The van der Waals surface area contributed by atoms with Crippen LogP contribution in [0.15, 0.2) is 54.9 Å². The van der Waals surface area contributed by atoms with Crippen LogP contribution in [0.5, 0.6) is 11.6 Å². The zero-order chi connectivity index (χ0) is 19.9. The first kappa shape index (κ1) is 18.6. The fourth-order valence-corrected chi connectivity index (χ4v) is 2.69. The molecule has 1 heterocycles. The molecular weight excluding hydrogens is 350 g/mol. The second-order valence-corrected chi connectivity index (χ2v) is 6.06. The Morgan fingerprint density at radius 1 is 1.14 bits per heavy atom. The summed E-state index contributed by atoms with van der Waals surface area (Å²) < 4.78 is 6.00. The number of ether oxygens (including phenoxy) is 1. The molecule has 0 fully saturated rings. The highest BCUT2D eigenvalue weighted by Crippen LogP contribution is 2.30. The maximum atomic E-state index is 8.87. The molecular formula is C22H17N5O. The van der Waals surface area contributed by atoms with E-state index in [0.717, 1.165) is 28.1 Å². The Labute approximate surface area is 163 Å². The molecule has 0 spiro atoms. The molecule has 0 unspecified atom stereocenters. The van der Waals surface area contributed by atoms with Crippen molar-refractivity contribution in [2.24, 2.45) is 0 Å². The largest absolute Gasteiger partial charge is 0.438 e. The number of nitriles is 1. The summed E-state index contributed by atoms with van der Waals surface area (Å²) in [4.78, 5) is 11.8. The highest BCUT2D eigenvalue weighted by Gasteiger charge is 2.09. The summed E-state index contributed by atoms with van der Waals surface area (Å²) in [5, 5.41) is 12.0. The minimum atomic E-state index is 0.397. The van der Waals surface area contributed by atoms with Gasteiger partial charge in [-0.05, 0) is 66.9 Å². The normalized spacial score (nSPS) is 10.3. The van der Waals surface area contributed by atoms with E-state index in [1.165, 1.54) is 6.20 Å². The molecule has 0 atom stereocenters. The number of hydrogen-bond acceptors (Lipinski definition) is 5. The molecule has 3 aromatic rings. The number of anilines is 2. The van der Waals surface area contributed by atoms with Gasteiger partial charge in [-0.3, -0.25) is 0 Å². The van der Waals surface area contributed by atoms with Crippen LogP contribution in [0.2, 0.25) is 0 Å². The van der Waals surface area contributed by atoms with Crippen molar-refractivity contribution in [1.82, 2.24) is 9.97 Å². The number of benzene rings is 2. The van der Waals surface area contributed by atoms with Gasteiger partial charge in [0, 0.05) is 18.0 Å². The van der Waals surface area contributed by atoms with E-state index in [9.17, 15) is 0 Å².